The second-order valence-electron chi connectivity index (χ2n) is 4.85. The van der Waals surface area contributed by atoms with Gasteiger partial charge in [0, 0.05) is 24.1 Å². The zero-order chi connectivity index (χ0) is 13.7. The third-order valence-corrected chi connectivity index (χ3v) is 3.55. The summed E-state index contributed by atoms with van der Waals surface area (Å²) in [7, 11) is 0. The molecular formula is C15H22ClNO2. The second-order valence-corrected chi connectivity index (χ2v) is 5.29. The molecule has 0 heterocycles. The third kappa shape index (κ3) is 3.85. The molecule has 3 unspecified atom stereocenters. The summed E-state index contributed by atoms with van der Waals surface area (Å²) in [5, 5.41) is 4.14. The van der Waals surface area contributed by atoms with Gasteiger partial charge in [-0.25, -0.2) is 0 Å². The zero-order valence-electron chi connectivity index (χ0n) is 11.6. The summed E-state index contributed by atoms with van der Waals surface area (Å²) in [5.41, 5.74) is 0. The fourth-order valence-electron chi connectivity index (χ4n) is 2.35. The van der Waals surface area contributed by atoms with Gasteiger partial charge in [-0.15, -0.1) is 0 Å². The quantitative estimate of drug-likeness (QED) is 0.833. The number of hydrogen-bond acceptors (Lipinski definition) is 3. The Morgan fingerprint density at radius 3 is 2.89 bits per heavy atom. The first-order valence-corrected chi connectivity index (χ1v) is 7.39. The first-order chi connectivity index (χ1) is 9.24. The van der Waals surface area contributed by atoms with Crippen LogP contribution in [-0.2, 0) is 4.74 Å². The van der Waals surface area contributed by atoms with Gasteiger partial charge in [0.2, 0.25) is 0 Å². The molecule has 0 aliphatic heterocycles. The minimum absolute atomic E-state index is 0.120. The van der Waals surface area contributed by atoms with Crippen LogP contribution in [0, 0.1) is 0 Å². The van der Waals surface area contributed by atoms with E-state index in [4.69, 9.17) is 21.1 Å². The van der Waals surface area contributed by atoms with E-state index in [0.29, 0.717) is 11.1 Å². The van der Waals surface area contributed by atoms with Crippen LogP contribution in [0.25, 0.3) is 0 Å². The largest absolute Gasteiger partial charge is 0.488 e. The van der Waals surface area contributed by atoms with Crippen LogP contribution in [0.3, 0.4) is 0 Å². The molecule has 4 heteroatoms. The van der Waals surface area contributed by atoms with Crippen molar-refractivity contribution in [1.82, 2.24) is 5.32 Å². The van der Waals surface area contributed by atoms with Gasteiger partial charge >= 0.3 is 0 Å². The van der Waals surface area contributed by atoms with Crippen molar-refractivity contribution >= 4 is 11.6 Å². The lowest BCUT2D eigenvalue weighted by Gasteiger charge is -2.44. The maximum absolute atomic E-state index is 5.97. The predicted octanol–water partition coefficient (Wildman–Crippen LogP) is 3.26. The van der Waals surface area contributed by atoms with E-state index in [1.165, 1.54) is 0 Å². The smallest absolute Gasteiger partial charge is 0.128 e. The highest BCUT2D eigenvalue weighted by atomic mass is 35.5. The van der Waals surface area contributed by atoms with E-state index in [9.17, 15) is 0 Å². The summed E-state index contributed by atoms with van der Waals surface area (Å²) in [5.74, 6) is 0.817. The molecule has 1 aliphatic rings. The number of likely N-dealkylation sites (N-methyl/N-ethyl adjacent to an activating group) is 1. The van der Waals surface area contributed by atoms with Gasteiger partial charge in [-0.3, -0.25) is 0 Å². The molecular weight excluding hydrogens is 262 g/mol. The van der Waals surface area contributed by atoms with Crippen molar-refractivity contribution in [2.45, 2.75) is 44.9 Å². The molecule has 106 valence electrons. The minimum atomic E-state index is 0.120. The molecule has 1 aliphatic carbocycles. The van der Waals surface area contributed by atoms with E-state index in [0.717, 1.165) is 31.7 Å². The summed E-state index contributed by atoms with van der Waals surface area (Å²) in [6, 6.07) is 7.94. The van der Waals surface area contributed by atoms with E-state index in [1.54, 1.807) is 0 Å². The fraction of sp³-hybridized carbons (Fsp3) is 0.600. The molecule has 0 saturated heterocycles. The second kappa shape index (κ2) is 7.13. The first-order valence-electron chi connectivity index (χ1n) is 7.01. The van der Waals surface area contributed by atoms with Crippen LogP contribution < -0.4 is 10.1 Å². The maximum Gasteiger partial charge on any atom is 0.128 e. The fourth-order valence-corrected chi connectivity index (χ4v) is 2.53. The third-order valence-electron chi connectivity index (χ3n) is 3.31. The van der Waals surface area contributed by atoms with Crippen LogP contribution in [0.5, 0.6) is 5.75 Å². The van der Waals surface area contributed by atoms with E-state index in [1.807, 2.05) is 24.3 Å². The average Bonchev–Trinajstić information content (AvgIpc) is 2.38. The monoisotopic (exact) mass is 283 g/mol. The zero-order valence-corrected chi connectivity index (χ0v) is 12.3. The van der Waals surface area contributed by atoms with Gasteiger partial charge in [0.05, 0.1) is 0 Å². The summed E-state index contributed by atoms with van der Waals surface area (Å²) in [6.45, 7) is 5.97. The Kier molecular flexibility index (Phi) is 5.49. The molecule has 0 spiro atoms. The lowest BCUT2D eigenvalue weighted by atomic mass is 9.85. The summed E-state index contributed by atoms with van der Waals surface area (Å²) < 4.78 is 11.9. The van der Waals surface area contributed by atoms with Crippen LogP contribution in [0.4, 0.5) is 0 Å². The van der Waals surface area contributed by atoms with Crippen molar-refractivity contribution in [2.75, 3.05) is 13.2 Å². The Balaban J connectivity index is 1.92. The summed E-state index contributed by atoms with van der Waals surface area (Å²) >= 11 is 5.96. The van der Waals surface area contributed by atoms with Gasteiger partial charge in [-0.05, 0) is 31.2 Å². The van der Waals surface area contributed by atoms with Crippen molar-refractivity contribution in [1.29, 1.82) is 0 Å². The van der Waals surface area contributed by atoms with Crippen LogP contribution in [0.2, 0.25) is 5.02 Å². The number of benzene rings is 1. The molecule has 1 saturated carbocycles. The Morgan fingerprint density at radius 2 is 2.21 bits per heavy atom. The van der Waals surface area contributed by atoms with Crippen molar-refractivity contribution in [3.63, 3.8) is 0 Å². The normalized spacial score (nSPS) is 25.9. The van der Waals surface area contributed by atoms with Gasteiger partial charge in [-0.2, -0.15) is 0 Å². The SMILES string of the molecule is CCCOC1C(NCC)CC1Oc1cccc(Cl)c1. The van der Waals surface area contributed by atoms with Crippen LogP contribution >= 0.6 is 11.6 Å². The van der Waals surface area contributed by atoms with Crippen molar-refractivity contribution in [2.24, 2.45) is 0 Å². The first kappa shape index (κ1) is 14.6. The Hall–Kier alpha value is -0.770. The number of halogens is 1. The Morgan fingerprint density at radius 1 is 1.37 bits per heavy atom. The lowest BCUT2D eigenvalue weighted by molar-refractivity contribution is -0.107. The molecule has 3 nitrogen and oxygen atoms in total. The standard InChI is InChI=1S/C15H22ClNO2/c1-3-8-18-15-13(17-4-2)10-14(15)19-12-7-5-6-11(16)9-12/h5-7,9,13-15,17H,3-4,8,10H2,1-2H3. The number of rotatable bonds is 7. The molecule has 1 aromatic carbocycles. The minimum Gasteiger partial charge on any atom is -0.488 e. The molecule has 2 rings (SSSR count). The van der Waals surface area contributed by atoms with Gasteiger partial charge in [0.1, 0.15) is 18.0 Å². The molecule has 1 N–H and O–H groups in total. The van der Waals surface area contributed by atoms with Crippen LogP contribution in [0.1, 0.15) is 26.7 Å². The molecule has 1 fully saturated rings. The van der Waals surface area contributed by atoms with Crippen LogP contribution in [0.15, 0.2) is 24.3 Å². The van der Waals surface area contributed by atoms with Crippen molar-refractivity contribution in [3.05, 3.63) is 29.3 Å². The molecule has 3 atom stereocenters. The lowest BCUT2D eigenvalue weighted by Crippen LogP contribution is -2.61. The van der Waals surface area contributed by atoms with E-state index in [2.05, 4.69) is 19.2 Å². The highest BCUT2D eigenvalue weighted by Gasteiger charge is 2.43. The number of nitrogens with one attached hydrogen (secondary N) is 1. The van der Waals surface area contributed by atoms with Gasteiger partial charge in [0.15, 0.2) is 0 Å². The van der Waals surface area contributed by atoms with Crippen LogP contribution in [-0.4, -0.2) is 31.4 Å². The Labute approximate surface area is 120 Å². The van der Waals surface area contributed by atoms with Gasteiger partial charge in [0.25, 0.3) is 0 Å². The summed E-state index contributed by atoms with van der Waals surface area (Å²) in [4.78, 5) is 0. The van der Waals surface area contributed by atoms with E-state index >= 15 is 0 Å². The molecule has 19 heavy (non-hydrogen) atoms. The molecule has 0 amide bonds. The topological polar surface area (TPSA) is 30.5 Å². The highest BCUT2D eigenvalue weighted by Crippen LogP contribution is 2.30. The maximum atomic E-state index is 5.97. The predicted molar refractivity (Wildman–Crippen MR) is 78.0 cm³/mol. The van der Waals surface area contributed by atoms with Gasteiger partial charge in [-0.1, -0.05) is 31.5 Å². The van der Waals surface area contributed by atoms with E-state index in [-0.39, 0.29) is 12.2 Å². The van der Waals surface area contributed by atoms with Crippen molar-refractivity contribution < 1.29 is 9.47 Å². The van der Waals surface area contributed by atoms with Gasteiger partial charge < -0.3 is 14.8 Å². The number of hydrogen-bond donors (Lipinski definition) is 1. The Bertz CT molecular complexity index is 399. The molecule has 0 aromatic heterocycles. The number of ether oxygens (including phenoxy) is 2. The average molecular weight is 284 g/mol. The highest BCUT2D eigenvalue weighted by molar-refractivity contribution is 6.30. The van der Waals surface area contributed by atoms with E-state index < -0.39 is 0 Å². The molecule has 0 bridgehead atoms. The van der Waals surface area contributed by atoms with Crippen molar-refractivity contribution in [3.8, 4) is 5.75 Å². The molecule has 1 aromatic rings. The summed E-state index contributed by atoms with van der Waals surface area (Å²) in [6.07, 6.45) is 2.27. The molecule has 0 radical (unpaired) electrons.